The van der Waals surface area contributed by atoms with Gasteiger partial charge in [-0.25, -0.2) is 0 Å². The molecule has 0 saturated carbocycles. The largest absolute Gasteiger partial charge is 0.594 e. The minimum Gasteiger partial charge on any atom is -0.594 e. The first kappa shape index (κ1) is 7.72. The van der Waals surface area contributed by atoms with Crippen molar-refractivity contribution in [3.63, 3.8) is 0 Å². The van der Waals surface area contributed by atoms with Crippen LogP contribution in [-0.2, 0) is 0 Å². The fourth-order valence-electron chi connectivity index (χ4n) is 1.13. The molecule has 0 aliphatic carbocycles. The molecule has 1 rings (SSSR count). The number of benzene rings is 1. The highest BCUT2D eigenvalue weighted by molar-refractivity contribution is 5.45. The second-order valence-electron chi connectivity index (χ2n) is 2.53. The first-order valence-corrected chi connectivity index (χ1v) is 3.37. The van der Waals surface area contributed by atoms with Crippen LogP contribution in [0.2, 0.25) is 0 Å². The van der Waals surface area contributed by atoms with Crippen LogP contribution in [0.3, 0.4) is 0 Å². The molecule has 0 aliphatic heterocycles. The predicted molar refractivity (Wildman–Crippen MR) is 41.9 cm³/mol. The number of rotatable bonds is 1. The molecule has 0 unspecified atom stereocenters. The summed E-state index contributed by atoms with van der Waals surface area (Å²) in [6.07, 6.45) is 0. The summed E-state index contributed by atoms with van der Waals surface area (Å²) in [6, 6.07) is 5.52. The van der Waals surface area contributed by atoms with Gasteiger partial charge in [-0.3, -0.25) is 0 Å². The molecule has 3 heteroatoms. The number of hydrogen-bond acceptors (Lipinski definition) is 2. The smallest absolute Gasteiger partial charge is 0.249 e. The van der Waals surface area contributed by atoms with Crippen LogP contribution in [0.5, 0.6) is 0 Å². The van der Waals surface area contributed by atoms with Crippen LogP contribution in [-0.4, -0.2) is 4.86 Å². The standard InChI is InChI=1S/C8H10N2O/c1-6-4-3-5-7(2)8(6)10(9)11/h3-5,9H,1-2H3. The molecule has 3 nitrogen and oxygen atoms in total. The maximum atomic E-state index is 10.7. The average Bonchev–Trinajstić information content (AvgIpc) is 1.85. The Balaban J connectivity index is 3.32. The maximum absolute atomic E-state index is 10.7. The summed E-state index contributed by atoms with van der Waals surface area (Å²) >= 11 is 0. The normalized spacial score (nSPS) is 9.64. The van der Waals surface area contributed by atoms with Gasteiger partial charge in [-0.05, 0) is 19.4 Å². The molecule has 0 bridgehead atoms. The number of para-hydroxylation sites is 1. The van der Waals surface area contributed by atoms with Crippen molar-refractivity contribution in [3.05, 3.63) is 34.5 Å². The predicted octanol–water partition coefficient (Wildman–Crippen LogP) is 2.48. The summed E-state index contributed by atoms with van der Waals surface area (Å²) in [6.45, 7) is 3.64. The lowest BCUT2D eigenvalue weighted by Gasteiger charge is -2.02. The summed E-state index contributed by atoms with van der Waals surface area (Å²) in [5.74, 6) is 0. The van der Waals surface area contributed by atoms with Crippen LogP contribution in [0, 0.1) is 24.6 Å². The van der Waals surface area contributed by atoms with E-state index >= 15 is 0 Å². The molecule has 0 aromatic heterocycles. The van der Waals surface area contributed by atoms with E-state index in [1.54, 1.807) is 0 Å². The highest BCUT2D eigenvalue weighted by Gasteiger charge is 2.08. The van der Waals surface area contributed by atoms with Crippen molar-refractivity contribution in [1.82, 2.24) is 0 Å². The highest BCUT2D eigenvalue weighted by atomic mass is 16.5. The second kappa shape index (κ2) is 2.70. The van der Waals surface area contributed by atoms with E-state index in [9.17, 15) is 5.21 Å². The minimum absolute atomic E-state index is 0.157. The zero-order valence-electron chi connectivity index (χ0n) is 6.59. The highest BCUT2D eigenvalue weighted by Crippen LogP contribution is 2.21. The molecule has 0 aliphatic rings. The van der Waals surface area contributed by atoms with Crippen molar-refractivity contribution >= 4 is 5.69 Å². The minimum atomic E-state index is 0.157. The third-order valence-corrected chi connectivity index (χ3v) is 1.64. The van der Waals surface area contributed by atoms with E-state index < -0.39 is 0 Å². The molecule has 0 heterocycles. The maximum Gasteiger partial charge on any atom is 0.249 e. The molecule has 0 atom stereocenters. The first-order valence-electron chi connectivity index (χ1n) is 3.37. The van der Waals surface area contributed by atoms with Crippen LogP contribution in [0.15, 0.2) is 18.2 Å². The lowest BCUT2D eigenvalue weighted by atomic mass is 10.1. The monoisotopic (exact) mass is 150 g/mol. The fraction of sp³-hybridized carbons (Fsp3) is 0.250. The van der Waals surface area contributed by atoms with Crippen LogP contribution in [0.4, 0.5) is 5.69 Å². The molecular formula is C8H10N2O. The van der Waals surface area contributed by atoms with Crippen molar-refractivity contribution in [2.75, 3.05) is 0 Å². The van der Waals surface area contributed by atoms with Gasteiger partial charge >= 0.3 is 0 Å². The summed E-state index contributed by atoms with van der Waals surface area (Å²) < 4.78 is 0. The van der Waals surface area contributed by atoms with Crippen LogP contribution in [0.25, 0.3) is 0 Å². The third-order valence-electron chi connectivity index (χ3n) is 1.64. The third kappa shape index (κ3) is 1.37. The van der Waals surface area contributed by atoms with Gasteiger partial charge in [0.2, 0.25) is 5.69 Å². The Labute approximate surface area is 65.4 Å². The Morgan fingerprint density at radius 2 is 1.73 bits per heavy atom. The van der Waals surface area contributed by atoms with Gasteiger partial charge in [-0.15, -0.1) is 0 Å². The SMILES string of the molecule is Cc1cccc(C)c1[N+](=N)[O-]. The number of aryl methyl sites for hydroxylation is 2. The van der Waals surface area contributed by atoms with Crippen molar-refractivity contribution < 1.29 is 4.86 Å². The van der Waals surface area contributed by atoms with E-state index in [0.29, 0.717) is 5.69 Å². The Morgan fingerprint density at radius 3 is 2.00 bits per heavy atom. The summed E-state index contributed by atoms with van der Waals surface area (Å²) in [5.41, 5.74) is 9.01. The lowest BCUT2D eigenvalue weighted by Crippen LogP contribution is -1.93. The van der Waals surface area contributed by atoms with Gasteiger partial charge in [-0.2, -0.15) is 0 Å². The Morgan fingerprint density at radius 1 is 1.27 bits per heavy atom. The van der Waals surface area contributed by atoms with Gasteiger partial charge in [0.1, 0.15) is 0 Å². The Hall–Kier alpha value is -1.38. The Kier molecular flexibility index (Phi) is 1.89. The van der Waals surface area contributed by atoms with Crippen molar-refractivity contribution in [2.24, 2.45) is 0 Å². The molecular weight excluding hydrogens is 140 g/mol. The van der Waals surface area contributed by atoms with Gasteiger partial charge in [0.25, 0.3) is 0 Å². The van der Waals surface area contributed by atoms with Crippen LogP contribution in [0.1, 0.15) is 11.1 Å². The molecule has 0 saturated heterocycles. The summed E-state index contributed by atoms with van der Waals surface area (Å²) in [7, 11) is 0. The fourth-order valence-corrected chi connectivity index (χ4v) is 1.13. The zero-order chi connectivity index (χ0) is 8.43. The van der Waals surface area contributed by atoms with Crippen molar-refractivity contribution in [3.8, 4) is 0 Å². The van der Waals surface area contributed by atoms with Crippen LogP contribution < -0.4 is 0 Å². The quantitative estimate of drug-likeness (QED) is 0.373. The van der Waals surface area contributed by atoms with Gasteiger partial charge < -0.3 is 5.21 Å². The molecule has 1 N–H and O–H groups in total. The molecule has 1 aromatic carbocycles. The number of hydrogen-bond donors (Lipinski definition) is 1. The second-order valence-corrected chi connectivity index (χ2v) is 2.53. The van der Waals surface area contributed by atoms with Gasteiger partial charge in [0, 0.05) is 11.1 Å². The van der Waals surface area contributed by atoms with Crippen LogP contribution >= 0.6 is 0 Å². The number of nitrogens with one attached hydrogen (secondary N) is 1. The molecule has 0 radical (unpaired) electrons. The molecule has 0 fully saturated rings. The van der Waals surface area contributed by atoms with Gasteiger partial charge in [0.05, 0.1) is 0 Å². The Bertz CT molecular complexity index is 274. The van der Waals surface area contributed by atoms with Crippen molar-refractivity contribution in [2.45, 2.75) is 13.8 Å². The molecule has 58 valence electrons. The van der Waals surface area contributed by atoms with E-state index in [2.05, 4.69) is 0 Å². The first-order chi connectivity index (χ1) is 5.13. The van der Waals surface area contributed by atoms with Gasteiger partial charge in [0.15, 0.2) is 0 Å². The molecule has 0 amide bonds. The lowest BCUT2D eigenvalue weighted by molar-refractivity contribution is -0.466. The van der Waals surface area contributed by atoms with E-state index in [4.69, 9.17) is 5.53 Å². The molecule has 0 spiro atoms. The summed E-state index contributed by atoms with van der Waals surface area (Å²) in [5, 5.41) is 10.7. The van der Waals surface area contributed by atoms with E-state index in [1.165, 1.54) is 0 Å². The number of nitrogens with zero attached hydrogens (tertiary/aromatic N) is 1. The summed E-state index contributed by atoms with van der Waals surface area (Å²) in [4.78, 5) is 0.157. The average molecular weight is 150 g/mol. The topological polar surface area (TPSA) is 49.9 Å². The van der Waals surface area contributed by atoms with E-state index in [1.807, 2.05) is 32.0 Å². The van der Waals surface area contributed by atoms with Gasteiger partial charge in [-0.1, -0.05) is 23.1 Å². The van der Waals surface area contributed by atoms with Crippen molar-refractivity contribution in [1.29, 1.82) is 5.53 Å². The zero-order valence-corrected chi connectivity index (χ0v) is 6.59. The molecule has 1 aromatic rings. The van der Waals surface area contributed by atoms with E-state index in [0.717, 1.165) is 11.1 Å². The molecule has 11 heavy (non-hydrogen) atoms. The van der Waals surface area contributed by atoms with E-state index in [-0.39, 0.29) is 4.86 Å².